The molecule has 1 amide bonds. The molecule has 1 spiro atoms. The Bertz CT molecular complexity index is 322. The Balaban J connectivity index is 2.20. The number of nitrogens with zero attached hydrogens (tertiary/aromatic N) is 1. The first kappa shape index (κ1) is 10.5. The fourth-order valence-corrected chi connectivity index (χ4v) is 2.54. The molecule has 0 aromatic heterocycles. The summed E-state index contributed by atoms with van der Waals surface area (Å²) in [6, 6.07) is 0. The van der Waals surface area contributed by atoms with E-state index in [1.54, 1.807) is 0 Å². The molecule has 1 heterocycles. The number of nitrogens with two attached hydrogens (primary N) is 1. The van der Waals surface area contributed by atoms with Crippen molar-refractivity contribution in [3.63, 3.8) is 0 Å². The molecule has 4 heteroatoms. The van der Waals surface area contributed by atoms with Crippen LogP contribution in [0.2, 0.25) is 0 Å². The topological polar surface area (TPSA) is 67.5 Å². The first-order valence-electron chi connectivity index (χ1n) is 5.60. The Hall–Kier alpha value is -1.06. The number of hydrogen-bond acceptors (Lipinski definition) is 3. The van der Waals surface area contributed by atoms with E-state index in [1.165, 1.54) is 0 Å². The van der Waals surface area contributed by atoms with Gasteiger partial charge in [0.15, 0.2) is 5.96 Å². The molecule has 0 aromatic rings. The number of nitrogens with one attached hydrogen (secondary N) is 1. The maximum Gasteiger partial charge on any atom is 0.254 e. The molecule has 0 saturated heterocycles. The smallest absolute Gasteiger partial charge is 0.254 e. The van der Waals surface area contributed by atoms with Crippen LogP contribution in [0.25, 0.3) is 0 Å². The Morgan fingerprint density at radius 1 is 1.27 bits per heavy atom. The highest BCUT2D eigenvalue weighted by atomic mass is 16.2. The fraction of sp³-hybridized carbons (Fsp3) is 0.818. The Labute approximate surface area is 90.3 Å². The SMILES string of the molecule is CC1(C)CCCC2(CC1)N=C(N)NC2=O. The highest BCUT2D eigenvalue weighted by Gasteiger charge is 2.45. The maximum atomic E-state index is 11.8. The molecule has 1 fully saturated rings. The zero-order valence-electron chi connectivity index (χ0n) is 9.47. The molecule has 3 N–H and O–H groups in total. The molecule has 1 unspecified atom stereocenters. The average Bonchev–Trinajstić information content (AvgIpc) is 2.28. The van der Waals surface area contributed by atoms with Gasteiger partial charge < -0.3 is 5.73 Å². The normalized spacial score (nSPS) is 34.8. The van der Waals surface area contributed by atoms with Crippen LogP contribution in [0, 0.1) is 5.41 Å². The lowest BCUT2D eigenvalue weighted by molar-refractivity contribution is -0.124. The molecule has 2 aliphatic rings. The molecule has 0 radical (unpaired) electrons. The van der Waals surface area contributed by atoms with E-state index in [1.807, 2.05) is 0 Å². The standard InChI is InChI=1S/C11H19N3O/c1-10(2)4-3-5-11(7-6-10)8(15)13-9(12)14-11/h3-7H2,1-2H3,(H3,12,13,14,15). The zero-order chi connectivity index (χ0) is 11.1. The van der Waals surface area contributed by atoms with Gasteiger partial charge in [-0.1, -0.05) is 13.8 Å². The summed E-state index contributed by atoms with van der Waals surface area (Å²) in [7, 11) is 0. The van der Waals surface area contributed by atoms with Crippen molar-refractivity contribution in [3.05, 3.63) is 0 Å². The Morgan fingerprint density at radius 3 is 2.60 bits per heavy atom. The van der Waals surface area contributed by atoms with Crippen LogP contribution >= 0.6 is 0 Å². The minimum absolute atomic E-state index is 0.00213. The van der Waals surface area contributed by atoms with Gasteiger partial charge in [-0.2, -0.15) is 0 Å². The fourth-order valence-electron chi connectivity index (χ4n) is 2.54. The van der Waals surface area contributed by atoms with Crippen molar-refractivity contribution in [1.82, 2.24) is 5.32 Å². The third-order valence-electron chi connectivity index (χ3n) is 3.66. The molecule has 84 valence electrons. The van der Waals surface area contributed by atoms with Crippen LogP contribution in [0.1, 0.15) is 46.0 Å². The van der Waals surface area contributed by atoms with Crippen LogP contribution in [-0.2, 0) is 4.79 Å². The molecule has 1 atom stereocenters. The van der Waals surface area contributed by atoms with Crippen LogP contribution in [0.4, 0.5) is 0 Å². The molecule has 1 aliphatic heterocycles. The molecular weight excluding hydrogens is 190 g/mol. The van der Waals surface area contributed by atoms with Crippen molar-refractivity contribution in [1.29, 1.82) is 0 Å². The summed E-state index contributed by atoms with van der Waals surface area (Å²) in [6.45, 7) is 4.51. The van der Waals surface area contributed by atoms with Crippen LogP contribution in [0.3, 0.4) is 0 Å². The van der Waals surface area contributed by atoms with Gasteiger partial charge in [0.2, 0.25) is 0 Å². The largest absolute Gasteiger partial charge is 0.370 e. The second-order valence-electron chi connectivity index (χ2n) is 5.50. The monoisotopic (exact) mass is 209 g/mol. The number of aliphatic imine (C=N–C) groups is 1. The average molecular weight is 209 g/mol. The molecule has 1 saturated carbocycles. The summed E-state index contributed by atoms with van der Waals surface area (Å²) < 4.78 is 0. The highest BCUT2D eigenvalue weighted by Crippen LogP contribution is 2.40. The summed E-state index contributed by atoms with van der Waals surface area (Å²) in [4.78, 5) is 16.1. The van der Waals surface area contributed by atoms with Crippen molar-refractivity contribution < 1.29 is 4.79 Å². The lowest BCUT2D eigenvalue weighted by atomic mass is 9.83. The van der Waals surface area contributed by atoms with Gasteiger partial charge in [0.1, 0.15) is 5.54 Å². The first-order chi connectivity index (χ1) is 6.94. The quantitative estimate of drug-likeness (QED) is 0.628. The van der Waals surface area contributed by atoms with Gasteiger partial charge in [-0.15, -0.1) is 0 Å². The lowest BCUT2D eigenvalue weighted by Crippen LogP contribution is -2.40. The first-order valence-corrected chi connectivity index (χ1v) is 5.60. The molecule has 1 aliphatic carbocycles. The maximum absolute atomic E-state index is 11.8. The molecule has 15 heavy (non-hydrogen) atoms. The van der Waals surface area contributed by atoms with Crippen molar-refractivity contribution in [2.24, 2.45) is 16.1 Å². The van der Waals surface area contributed by atoms with Crippen LogP contribution < -0.4 is 11.1 Å². The third-order valence-corrected chi connectivity index (χ3v) is 3.66. The number of amides is 1. The lowest BCUT2D eigenvalue weighted by Gasteiger charge is -2.23. The van der Waals surface area contributed by atoms with Crippen molar-refractivity contribution in [3.8, 4) is 0 Å². The van der Waals surface area contributed by atoms with Crippen LogP contribution in [0.15, 0.2) is 4.99 Å². The number of carbonyl (C=O) groups excluding carboxylic acids is 1. The predicted octanol–water partition coefficient (Wildman–Crippen LogP) is 1.16. The number of hydrogen-bond donors (Lipinski definition) is 2. The van der Waals surface area contributed by atoms with E-state index < -0.39 is 5.54 Å². The van der Waals surface area contributed by atoms with Gasteiger partial charge in [0.05, 0.1) is 0 Å². The summed E-state index contributed by atoms with van der Waals surface area (Å²) >= 11 is 0. The van der Waals surface area contributed by atoms with E-state index in [2.05, 4.69) is 24.2 Å². The minimum atomic E-state index is -0.544. The minimum Gasteiger partial charge on any atom is -0.370 e. The van der Waals surface area contributed by atoms with Crippen LogP contribution in [0.5, 0.6) is 0 Å². The summed E-state index contributed by atoms with van der Waals surface area (Å²) in [5.41, 5.74) is 5.35. The zero-order valence-corrected chi connectivity index (χ0v) is 9.47. The van der Waals surface area contributed by atoms with E-state index in [-0.39, 0.29) is 5.91 Å². The van der Waals surface area contributed by atoms with Crippen molar-refractivity contribution in [2.45, 2.75) is 51.5 Å². The van der Waals surface area contributed by atoms with E-state index >= 15 is 0 Å². The van der Waals surface area contributed by atoms with Gasteiger partial charge >= 0.3 is 0 Å². The summed E-state index contributed by atoms with van der Waals surface area (Å²) in [5, 5.41) is 2.62. The molecule has 4 nitrogen and oxygen atoms in total. The number of guanidine groups is 1. The highest BCUT2D eigenvalue weighted by molar-refractivity contribution is 6.06. The third kappa shape index (κ3) is 1.85. The summed E-state index contributed by atoms with van der Waals surface area (Å²) in [5.74, 6) is 0.289. The molecular formula is C11H19N3O. The Kier molecular flexibility index (Phi) is 2.24. The van der Waals surface area contributed by atoms with Gasteiger partial charge in [0.25, 0.3) is 5.91 Å². The van der Waals surface area contributed by atoms with Gasteiger partial charge in [-0.3, -0.25) is 10.1 Å². The van der Waals surface area contributed by atoms with Crippen molar-refractivity contribution in [2.75, 3.05) is 0 Å². The second-order valence-corrected chi connectivity index (χ2v) is 5.50. The van der Waals surface area contributed by atoms with Crippen molar-refractivity contribution >= 4 is 11.9 Å². The number of carbonyl (C=O) groups is 1. The van der Waals surface area contributed by atoms with E-state index in [0.717, 1.165) is 32.1 Å². The summed E-state index contributed by atoms with van der Waals surface area (Å²) in [6.07, 6.45) is 4.92. The van der Waals surface area contributed by atoms with Gasteiger partial charge in [0, 0.05) is 0 Å². The molecule has 0 bridgehead atoms. The predicted molar refractivity (Wildman–Crippen MR) is 59.4 cm³/mol. The van der Waals surface area contributed by atoms with Crippen LogP contribution in [-0.4, -0.2) is 17.4 Å². The van der Waals surface area contributed by atoms with E-state index in [4.69, 9.17) is 5.73 Å². The second kappa shape index (κ2) is 3.22. The molecule has 2 rings (SSSR count). The Morgan fingerprint density at radius 2 is 2.00 bits per heavy atom. The van der Waals surface area contributed by atoms with Gasteiger partial charge in [-0.25, -0.2) is 4.99 Å². The number of rotatable bonds is 0. The van der Waals surface area contributed by atoms with Gasteiger partial charge in [-0.05, 0) is 37.5 Å². The van der Waals surface area contributed by atoms with E-state index in [0.29, 0.717) is 11.4 Å². The molecule has 0 aromatic carbocycles. The van der Waals surface area contributed by atoms with E-state index in [9.17, 15) is 4.79 Å².